The van der Waals surface area contributed by atoms with E-state index in [9.17, 15) is 9.59 Å². The maximum Gasteiger partial charge on any atom is 0.331 e. The van der Waals surface area contributed by atoms with Gasteiger partial charge in [-0.25, -0.2) is 9.78 Å². The van der Waals surface area contributed by atoms with Crippen LogP contribution in [0.3, 0.4) is 0 Å². The molecule has 0 amide bonds. The molecule has 0 bridgehead atoms. The molecule has 1 aromatic carbocycles. The minimum Gasteiger partial charge on any atom is -0.496 e. The highest BCUT2D eigenvalue weighted by molar-refractivity contribution is 7.18. The number of methoxy groups -OCH3 is 1. The molecule has 29 heavy (non-hydrogen) atoms. The number of nitrogens with zero attached hydrogens (tertiary/aromatic N) is 2. The van der Waals surface area contributed by atoms with E-state index in [-0.39, 0.29) is 12.2 Å². The van der Waals surface area contributed by atoms with Crippen LogP contribution in [-0.2, 0) is 27.9 Å². The van der Waals surface area contributed by atoms with Crippen molar-refractivity contribution >= 4 is 27.5 Å². The van der Waals surface area contributed by atoms with Gasteiger partial charge in [-0.05, 0) is 39.3 Å². The molecule has 0 atom stereocenters. The molecular weight excluding hydrogens is 388 g/mol. The predicted octanol–water partition coefficient (Wildman–Crippen LogP) is 3.92. The van der Waals surface area contributed by atoms with Crippen molar-refractivity contribution in [3.05, 3.63) is 57.0 Å². The van der Waals surface area contributed by atoms with Crippen LogP contribution < -0.4 is 10.3 Å². The van der Waals surface area contributed by atoms with Crippen LogP contribution in [0.25, 0.3) is 10.2 Å². The summed E-state index contributed by atoms with van der Waals surface area (Å²) in [5.41, 5.74) is -0.532. The van der Waals surface area contributed by atoms with Crippen LogP contribution in [0.15, 0.2) is 35.1 Å². The SMILES string of the molecule is CCOC(=O)C(C)(C)n1c(Cc2ccccc2OC)nc2sc(CC)cc2c1=O. The van der Waals surface area contributed by atoms with Crippen LogP contribution in [0, 0.1) is 0 Å². The molecule has 0 aliphatic carbocycles. The molecule has 0 spiro atoms. The molecule has 154 valence electrons. The summed E-state index contributed by atoms with van der Waals surface area (Å²) in [6.07, 6.45) is 1.18. The number of aromatic nitrogens is 2. The molecule has 3 aromatic rings. The zero-order chi connectivity index (χ0) is 21.2. The Morgan fingerprint density at radius 2 is 1.97 bits per heavy atom. The Morgan fingerprint density at radius 3 is 2.62 bits per heavy atom. The Labute approximate surface area is 174 Å². The van der Waals surface area contributed by atoms with Gasteiger partial charge in [0.25, 0.3) is 5.56 Å². The smallest absolute Gasteiger partial charge is 0.331 e. The van der Waals surface area contributed by atoms with Crippen molar-refractivity contribution < 1.29 is 14.3 Å². The van der Waals surface area contributed by atoms with Gasteiger partial charge in [-0.3, -0.25) is 9.36 Å². The second-order valence-corrected chi connectivity index (χ2v) is 8.34. The Kier molecular flexibility index (Phi) is 6.07. The summed E-state index contributed by atoms with van der Waals surface area (Å²) in [7, 11) is 1.61. The summed E-state index contributed by atoms with van der Waals surface area (Å²) < 4.78 is 12.2. The summed E-state index contributed by atoms with van der Waals surface area (Å²) in [6, 6.07) is 9.48. The number of thiophene rings is 1. The fourth-order valence-corrected chi connectivity index (χ4v) is 4.34. The van der Waals surface area contributed by atoms with Crippen LogP contribution >= 0.6 is 11.3 Å². The zero-order valence-corrected chi connectivity index (χ0v) is 18.3. The van der Waals surface area contributed by atoms with Gasteiger partial charge in [0.2, 0.25) is 0 Å². The number of carbonyl (C=O) groups excluding carboxylic acids is 1. The number of fused-ring (bicyclic) bond motifs is 1. The normalized spacial score (nSPS) is 11.6. The largest absolute Gasteiger partial charge is 0.496 e. The second-order valence-electron chi connectivity index (χ2n) is 7.22. The molecule has 0 fully saturated rings. The minimum absolute atomic E-state index is 0.228. The van der Waals surface area contributed by atoms with Gasteiger partial charge in [-0.1, -0.05) is 25.1 Å². The summed E-state index contributed by atoms with van der Waals surface area (Å²) in [5, 5.41) is 0.535. The van der Waals surface area contributed by atoms with Gasteiger partial charge in [0, 0.05) is 16.9 Å². The molecule has 0 N–H and O–H groups in total. The third-order valence-electron chi connectivity index (χ3n) is 4.91. The molecule has 2 heterocycles. The molecule has 7 heteroatoms. The standard InChI is InChI=1S/C22H26N2O4S/c1-6-15-13-16-19(29-15)23-18(12-14-10-8-9-11-17(14)27-5)24(20(16)25)22(3,4)21(26)28-7-2/h8-11,13H,6-7,12H2,1-5H3. The minimum atomic E-state index is -1.19. The molecular formula is C22H26N2O4S. The van der Waals surface area contributed by atoms with E-state index in [1.807, 2.05) is 37.3 Å². The van der Waals surface area contributed by atoms with Crippen molar-refractivity contribution in [2.75, 3.05) is 13.7 Å². The quantitative estimate of drug-likeness (QED) is 0.548. The van der Waals surface area contributed by atoms with Crippen LogP contribution in [0.5, 0.6) is 5.75 Å². The van der Waals surface area contributed by atoms with Crippen LogP contribution in [-0.4, -0.2) is 29.2 Å². The number of ether oxygens (including phenoxy) is 2. The van der Waals surface area contributed by atoms with Gasteiger partial charge < -0.3 is 9.47 Å². The lowest BCUT2D eigenvalue weighted by molar-refractivity contribution is -0.152. The second kappa shape index (κ2) is 8.37. The molecule has 0 unspecified atom stereocenters. The lowest BCUT2D eigenvalue weighted by atomic mass is 10.0. The zero-order valence-electron chi connectivity index (χ0n) is 17.4. The van der Waals surface area contributed by atoms with E-state index < -0.39 is 11.5 Å². The van der Waals surface area contributed by atoms with Crippen LogP contribution in [0.1, 0.15) is 44.0 Å². The Hall–Kier alpha value is -2.67. The first-order chi connectivity index (χ1) is 13.8. The first-order valence-electron chi connectivity index (χ1n) is 9.67. The van der Waals surface area contributed by atoms with Gasteiger partial charge in [0.1, 0.15) is 21.9 Å². The number of hydrogen-bond acceptors (Lipinski definition) is 6. The molecule has 0 aliphatic rings. The number of esters is 1. The summed E-state index contributed by atoms with van der Waals surface area (Å²) >= 11 is 1.51. The molecule has 0 radical (unpaired) electrons. The molecule has 0 saturated carbocycles. The third-order valence-corrected chi connectivity index (χ3v) is 6.08. The van der Waals surface area contributed by atoms with E-state index in [4.69, 9.17) is 14.5 Å². The monoisotopic (exact) mass is 414 g/mol. The molecule has 0 saturated heterocycles. The fraction of sp³-hybridized carbons (Fsp3) is 0.409. The van der Waals surface area contributed by atoms with Gasteiger partial charge >= 0.3 is 5.97 Å². The summed E-state index contributed by atoms with van der Waals surface area (Å²) in [6.45, 7) is 7.42. The van der Waals surface area contributed by atoms with Crippen molar-refractivity contribution in [3.63, 3.8) is 0 Å². The lowest BCUT2D eigenvalue weighted by Crippen LogP contribution is -2.45. The average Bonchev–Trinajstić information content (AvgIpc) is 3.12. The van der Waals surface area contributed by atoms with Crippen molar-refractivity contribution in [2.45, 2.75) is 46.1 Å². The van der Waals surface area contributed by atoms with Crippen LogP contribution in [0.4, 0.5) is 0 Å². The first-order valence-corrected chi connectivity index (χ1v) is 10.5. The highest BCUT2D eigenvalue weighted by Crippen LogP contribution is 2.28. The van der Waals surface area contributed by atoms with Gasteiger partial charge in [0.05, 0.1) is 19.1 Å². The van der Waals surface area contributed by atoms with Crippen molar-refractivity contribution in [3.8, 4) is 5.75 Å². The number of benzene rings is 1. The maximum absolute atomic E-state index is 13.5. The van der Waals surface area contributed by atoms with Gasteiger partial charge in [-0.2, -0.15) is 0 Å². The van der Waals surface area contributed by atoms with E-state index in [2.05, 4.69) is 0 Å². The Morgan fingerprint density at radius 1 is 1.24 bits per heavy atom. The van der Waals surface area contributed by atoms with E-state index in [0.717, 1.165) is 16.9 Å². The van der Waals surface area contributed by atoms with Crippen molar-refractivity contribution in [1.29, 1.82) is 0 Å². The maximum atomic E-state index is 13.5. The average molecular weight is 415 g/mol. The molecule has 6 nitrogen and oxygen atoms in total. The highest BCUT2D eigenvalue weighted by Gasteiger charge is 2.35. The molecule has 0 aliphatic heterocycles. The third kappa shape index (κ3) is 3.92. The molecule has 3 rings (SSSR count). The molecule has 2 aromatic heterocycles. The number of carbonyl (C=O) groups is 1. The topological polar surface area (TPSA) is 70.4 Å². The number of para-hydroxylation sites is 1. The van der Waals surface area contributed by atoms with Gasteiger partial charge in [-0.15, -0.1) is 11.3 Å². The Balaban J connectivity index is 2.26. The predicted molar refractivity (Wildman–Crippen MR) is 115 cm³/mol. The van der Waals surface area contributed by atoms with E-state index in [1.165, 1.54) is 15.9 Å². The first kappa shape index (κ1) is 21.0. The Bertz CT molecular complexity index is 1100. The number of rotatable bonds is 7. The lowest BCUT2D eigenvalue weighted by Gasteiger charge is -2.27. The van der Waals surface area contributed by atoms with Gasteiger partial charge in [0.15, 0.2) is 0 Å². The number of aryl methyl sites for hydroxylation is 1. The summed E-state index contributed by atoms with van der Waals surface area (Å²) in [4.78, 5) is 32.8. The summed E-state index contributed by atoms with van der Waals surface area (Å²) in [5.74, 6) is 0.757. The van der Waals surface area contributed by atoms with E-state index >= 15 is 0 Å². The fourth-order valence-electron chi connectivity index (χ4n) is 3.36. The van der Waals surface area contributed by atoms with Crippen molar-refractivity contribution in [2.24, 2.45) is 0 Å². The van der Waals surface area contributed by atoms with E-state index in [0.29, 0.717) is 28.2 Å². The van der Waals surface area contributed by atoms with Crippen LogP contribution in [0.2, 0.25) is 0 Å². The number of hydrogen-bond donors (Lipinski definition) is 0. The van der Waals surface area contributed by atoms with Crippen molar-refractivity contribution in [1.82, 2.24) is 9.55 Å². The highest BCUT2D eigenvalue weighted by atomic mass is 32.1. The van der Waals surface area contributed by atoms with E-state index in [1.54, 1.807) is 27.9 Å².